The van der Waals surface area contributed by atoms with Crippen molar-refractivity contribution in [1.82, 2.24) is 19.4 Å². The first-order chi connectivity index (χ1) is 17.4. The first kappa shape index (κ1) is 25.5. The minimum atomic E-state index is -0.828. The van der Waals surface area contributed by atoms with E-state index in [1.807, 2.05) is 12.1 Å². The van der Waals surface area contributed by atoms with Gasteiger partial charge in [0.1, 0.15) is 6.04 Å². The van der Waals surface area contributed by atoms with Gasteiger partial charge in [0.15, 0.2) is 0 Å². The van der Waals surface area contributed by atoms with Crippen LogP contribution in [-0.2, 0) is 16.6 Å². The number of carbonyl (C=O) groups excluding carboxylic acids is 2. The zero-order chi connectivity index (χ0) is 26.7. The molecule has 2 saturated heterocycles. The number of aromatic nitrogens is 2. The molecule has 2 unspecified atom stereocenters. The Morgan fingerprint density at radius 2 is 1.78 bits per heavy atom. The summed E-state index contributed by atoms with van der Waals surface area (Å²) in [6, 6.07) is 5.28. The second-order valence-electron chi connectivity index (χ2n) is 12.4. The van der Waals surface area contributed by atoms with Crippen LogP contribution in [0, 0.1) is 16.7 Å². The summed E-state index contributed by atoms with van der Waals surface area (Å²) in [5.41, 5.74) is 2.63. The van der Waals surface area contributed by atoms with E-state index in [9.17, 15) is 24.3 Å². The van der Waals surface area contributed by atoms with Crippen LogP contribution in [0.25, 0.3) is 11.0 Å². The highest BCUT2D eigenvalue weighted by Crippen LogP contribution is 2.56. The predicted molar refractivity (Wildman–Crippen MR) is 139 cm³/mol. The summed E-state index contributed by atoms with van der Waals surface area (Å²) in [7, 11) is 1.76. The second kappa shape index (κ2) is 9.03. The van der Waals surface area contributed by atoms with E-state index >= 15 is 0 Å². The van der Waals surface area contributed by atoms with E-state index < -0.39 is 18.0 Å². The van der Waals surface area contributed by atoms with Gasteiger partial charge in [-0.25, -0.2) is 9.59 Å². The smallest absolute Gasteiger partial charge is 0.407 e. The predicted octanol–water partition coefficient (Wildman–Crippen LogP) is 4.01. The SMILES string of the molecule is Cn1c(=O)n(C2CCC(=O)NC2=O)c2cccc(C3CCC4(CC3)CCN(C(=O)O)CC4C(C)(C)C)c21. The first-order valence-electron chi connectivity index (χ1n) is 13.4. The molecule has 9 heteroatoms. The van der Waals surface area contributed by atoms with E-state index in [1.54, 1.807) is 21.1 Å². The van der Waals surface area contributed by atoms with Gasteiger partial charge in [0, 0.05) is 26.6 Å². The number of nitrogens with one attached hydrogen (secondary N) is 1. The van der Waals surface area contributed by atoms with Crippen LogP contribution < -0.4 is 11.0 Å². The molecule has 1 saturated carbocycles. The normalized spacial score (nSPS) is 29.1. The lowest BCUT2D eigenvalue weighted by Gasteiger charge is -2.55. The fraction of sp³-hybridized carbons (Fsp3) is 0.643. The number of rotatable bonds is 2. The summed E-state index contributed by atoms with van der Waals surface area (Å²) in [5.74, 6) is -0.138. The van der Waals surface area contributed by atoms with E-state index in [-0.39, 0.29) is 34.8 Å². The number of piperidine rings is 2. The van der Waals surface area contributed by atoms with E-state index in [0.29, 0.717) is 25.4 Å². The molecule has 5 rings (SSSR count). The summed E-state index contributed by atoms with van der Waals surface area (Å²) < 4.78 is 3.21. The van der Waals surface area contributed by atoms with Crippen molar-refractivity contribution < 1.29 is 19.5 Å². The molecule has 0 radical (unpaired) electrons. The molecule has 3 heterocycles. The summed E-state index contributed by atoms with van der Waals surface area (Å²) in [4.78, 5) is 50.9. The van der Waals surface area contributed by atoms with Crippen molar-refractivity contribution in [2.75, 3.05) is 13.1 Å². The van der Waals surface area contributed by atoms with Gasteiger partial charge in [-0.05, 0) is 72.8 Å². The highest BCUT2D eigenvalue weighted by atomic mass is 16.4. The molecule has 1 aliphatic carbocycles. The lowest BCUT2D eigenvalue weighted by molar-refractivity contribution is -0.135. The van der Waals surface area contributed by atoms with Gasteiger partial charge < -0.3 is 10.0 Å². The molecule has 3 aliphatic rings. The van der Waals surface area contributed by atoms with E-state index in [1.165, 1.54) is 0 Å². The lowest BCUT2D eigenvalue weighted by Crippen LogP contribution is -2.54. The Hall–Kier alpha value is -3.10. The molecule has 37 heavy (non-hydrogen) atoms. The van der Waals surface area contributed by atoms with Crippen LogP contribution in [0.4, 0.5) is 4.79 Å². The Kier molecular flexibility index (Phi) is 6.23. The molecule has 9 nitrogen and oxygen atoms in total. The number of imide groups is 1. The van der Waals surface area contributed by atoms with Crippen molar-refractivity contribution in [2.24, 2.45) is 23.8 Å². The number of para-hydroxylation sites is 1. The van der Waals surface area contributed by atoms with Gasteiger partial charge in [0.25, 0.3) is 0 Å². The minimum absolute atomic E-state index is 0.00401. The van der Waals surface area contributed by atoms with Crippen LogP contribution >= 0.6 is 0 Å². The van der Waals surface area contributed by atoms with Gasteiger partial charge in [-0.2, -0.15) is 0 Å². The van der Waals surface area contributed by atoms with Crippen molar-refractivity contribution in [2.45, 2.75) is 77.7 Å². The third-order valence-electron chi connectivity index (χ3n) is 9.41. The molecule has 2 atom stereocenters. The highest BCUT2D eigenvalue weighted by molar-refractivity contribution is 6.00. The Morgan fingerprint density at radius 1 is 1.08 bits per heavy atom. The molecule has 1 aromatic heterocycles. The summed E-state index contributed by atoms with van der Waals surface area (Å²) in [5, 5.41) is 12.0. The van der Waals surface area contributed by atoms with Gasteiger partial charge in [-0.3, -0.25) is 24.0 Å². The maximum absolute atomic E-state index is 13.3. The molecule has 1 aromatic carbocycles. The highest BCUT2D eigenvalue weighted by Gasteiger charge is 2.50. The van der Waals surface area contributed by atoms with Crippen molar-refractivity contribution >= 4 is 28.9 Å². The zero-order valence-corrected chi connectivity index (χ0v) is 22.2. The van der Waals surface area contributed by atoms with Gasteiger partial charge >= 0.3 is 11.8 Å². The van der Waals surface area contributed by atoms with Gasteiger partial charge in [-0.1, -0.05) is 32.9 Å². The molecular formula is C28H38N4O5. The molecule has 1 spiro atoms. The number of likely N-dealkylation sites (tertiary alicyclic amines) is 1. The number of nitrogens with zero attached hydrogens (tertiary/aromatic N) is 3. The molecule has 200 valence electrons. The summed E-state index contributed by atoms with van der Waals surface area (Å²) >= 11 is 0. The van der Waals surface area contributed by atoms with Crippen molar-refractivity contribution in [1.29, 1.82) is 0 Å². The topological polar surface area (TPSA) is 114 Å². The van der Waals surface area contributed by atoms with E-state index in [4.69, 9.17) is 0 Å². The molecule has 3 amide bonds. The zero-order valence-electron chi connectivity index (χ0n) is 22.2. The number of fused-ring (bicyclic) bond motifs is 1. The Morgan fingerprint density at radius 3 is 2.41 bits per heavy atom. The van der Waals surface area contributed by atoms with Crippen LogP contribution in [0.3, 0.4) is 0 Å². The number of aryl methyl sites for hydroxylation is 1. The maximum atomic E-state index is 13.3. The van der Waals surface area contributed by atoms with E-state index in [0.717, 1.165) is 48.7 Å². The quantitative estimate of drug-likeness (QED) is 0.593. The van der Waals surface area contributed by atoms with Gasteiger partial charge in [-0.15, -0.1) is 0 Å². The fourth-order valence-corrected chi connectivity index (χ4v) is 7.53. The second-order valence-corrected chi connectivity index (χ2v) is 12.4. The van der Waals surface area contributed by atoms with Crippen LogP contribution in [0.2, 0.25) is 0 Å². The number of imidazole rings is 1. The monoisotopic (exact) mass is 510 g/mol. The van der Waals surface area contributed by atoms with Gasteiger partial charge in [0.2, 0.25) is 11.8 Å². The molecule has 2 aliphatic heterocycles. The van der Waals surface area contributed by atoms with Gasteiger partial charge in [0.05, 0.1) is 11.0 Å². The standard InChI is InChI=1S/C28H38N4O5/c1-27(2,3)21-16-31(26(36)37)15-14-28(21)12-10-17(11-13-28)18-6-5-7-19-23(18)30(4)25(35)32(19)20-8-9-22(33)29-24(20)34/h5-7,17,20-21H,8-16H2,1-4H3,(H,36,37)(H,29,33,34). The third-order valence-corrected chi connectivity index (χ3v) is 9.41. The number of hydrogen-bond acceptors (Lipinski definition) is 4. The Bertz CT molecular complexity index is 1310. The average molecular weight is 511 g/mol. The number of carbonyl (C=O) groups is 3. The minimum Gasteiger partial charge on any atom is -0.465 e. The number of hydrogen-bond donors (Lipinski definition) is 2. The number of benzene rings is 1. The van der Waals surface area contributed by atoms with Crippen LogP contribution in [0.1, 0.15) is 83.2 Å². The average Bonchev–Trinajstić information content (AvgIpc) is 3.09. The largest absolute Gasteiger partial charge is 0.465 e. The van der Waals surface area contributed by atoms with Crippen LogP contribution in [0.5, 0.6) is 0 Å². The van der Waals surface area contributed by atoms with Crippen LogP contribution in [0.15, 0.2) is 23.0 Å². The lowest BCUT2D eigenvalue weighted by atomic mass is 9.54. The molecular weight excluding hydrogens is 472 g/mol. The number of carboxylic acid groups (broad SMARTS) is 1. The maximum Gasteiger partial charge on any atom is 0.407 e. The summed E-state index contributed by atoms with van der Waals surface area (Å²) in [6.07, 6.45) is 4.64. The Balaban J connectivity index is 1.45. The molecule has 2 aromatic rings. The van der Waals surface area contributed by atoms with Crippen LogP contribution in [-0.4, -0.2) is 50.1 Å². The van der Waals surface area contributed by atoms with Crippen molar-refractivity contribution in [3.8, 4) is 0 Å². The van der Waals surface area contributed by atoms with Crippen molar-refractivity contribution in [3.05, 3.63) is 34.2 Å². The molecule has 0 bridgehead atoms. The third kappa shape index (κ3) is 4.26. The van der Waals surface area contributed by atoms with E-state index in [2.05, 4.69) is 32.2 Å². The van der Waals surface area contributed by atoms with Crippen molar-refractivity contribution in [3.63, 3.8) is 0 Å². The number of amides is 3. The first-order valence-corrected chi connectivity index (χ1v) is 13.4. The Labute approximate surface area is 216 Å². The summed E-state index contributed by atoms with van der Waals surface area (Å²) in [6.45, 7) is 7.86. The molecule has 3 fully saturated rings. The fourth-order valence-electron chi connectivity index (χ4n) is 7.53. The molecule has 2 N–H and O–H groups in total.